The standard InChI is InChI=1S/C82H150NO8P/c1-6-8-10-12-14-16-18-20-22-24-26-28-30-32-34-36-38-39-40-41-42-43-45-47-49-51-53-55-57-59-61-63-65-67-69-71-73-75-82(85)91-80(79-90-92(86,87)89-77-76-83(3,4)5)78-88-81(84)74-72-70-68-66-64-62-60-58-56-54-52-50-48-46-44-37-35-33-31-29-27-25-23-21-19-17-15-13-11-9-7-2/h8,10,14,16,19-22,25-28,31,33,80H,6-7,9,11-13,15,17-18,23-24,29-30,32,34-79H2,1-5H3/b10-8-,16-14-,21-19-,22-20-,27-25-,28-26-,33-31-. The molecule has 0 N–H and O–H groups in total. The average Bonchev–Trinajstić information content (AvgIpc) is 2.34. The lowest BCUT2D eigenvalue weighted by Gasteiger charge is -2.28. The van der Waals surface area contributed by atoms with Gasteiger partial charge in [-0.1, -0.05) is 356 Å². The molecule has 10 heteroatoms. The fourth-order valence-corrected chi connectivity index (χ4v) is 12.2. The zero-order valence-electron chi connectivity index (χ0n) is 61.2. The van der Waals surface area contributed by atoms with Crippen molar-refractivity contribution in [1.29, 1.82) is 0 Å². The number of hydrogen-bond donors (Lipinski definition) is 0. The van der Waals surface area contributed by atoms with Gasteiger partial charge in [0.15, 0.2) is 6.10 Å². The fraction of sp³-hybridized carbons (Fsp3) is 0.805. The third-order valence-electron chi connectivity index (χ3n) is 17.4. The maximum atomic E-state index is 12.9. The van der Waals surface area contributed by atoms with Gasteiger partial charge in [0, 0.05) is 12.8 Å². The summed E-state index contributed by atoms with van der Waals surface area (Å²) in [4.78, 5) is 38.2. The van der Waals surface area contributed by atoms with Crippen molar-refractivity contribution in [3.05, 3.63) is 85.1 Å². The molecule has 2 unspecified atom stereocenters. The van der Waals surface area contributed by atoms with E-state index in [0.29, 0.717) is 17.4 Å². The SMILES string of the molecule is CC/C=C\C/C=C\C/C=C\C/C=C\CCCCCCCCCCCCCCCCCCCCCCCCCCC(=O)OC(COC(=O)CCCCCCCCCCCCCCCCCC/C=C\C/C=C\C/C=C\CCCCCCC)COP(=O)([O-])OCC[N+](C)(C)C. The van der Waals surface area contributed by atoms with Crippen LogP contribution in [0.3, 0.4) is 0 Å². The fourth-order valence-electron chi connectivity index (χ4n) is 11.4. The Morgan fingerprint density at radius 3 is 0.924 bits per heavy atom. The monoisotopic (exact) mass is 1310 g/mol. The molecule has 0 amide bonds. The van der Waals surface area contributed by atoms with Crippen molar-refractivity contribution in [3.63, 3.8) is 0 Å². The maximum absolute atomic E-state index is 12.9. The van der Waals surface area contributed by atoms with Crippen molar-refractivity contribution in [2.45, 2.75) is 380 Å². The molecule has 0 aromatic carbocycles. The molecule has 0 rings (SSSR count). The minimum Gasteiger partial charge on any atom is -0.756 e. The molecule has 536 valence electrons. The number of carbonyl (C=O) groups is 2. The van der Waals surface area contributed by atoms with Gasteiger partial charge < -0.3 is 27.9 Å². The molecule has 0 bridgehead atoms. The first-order valence-electron chi connectivity index (χ1n) is 39.3. The van der Waals surface area contributed by atoms with E-state index in [9.17, 15) is 19.0 Å². The van der Waals surface area contributed by atoms with Crippen LogP contribution in [0.1, 0.15) is 373 Å². The van der Waals surface area contributed by atoms with E-state index in [0.717, 1.165) is 70.6 Å². The average molecular weight is 1310 g/mol. The number of hydrogen-bond acceptors (Lipinski definition) is 8. The number of likely N-dealkylation sites (N-methyl/N-ethyl adjacent to an activating group) is 1. The molecular weight excluding hydrogens is 1160 g/mol. The van der Waals surface area contributed by atoms with Gasteiger partial charge in [-0.05, 0) is 89.9 Å². The second kappa shape index (κ2) is 72.5. The predicted molar refractivity (Wildman–Crippen MR) is 397 cm³/mol. The van der Waals surface area contributed by atoms with Gasteiger partial charge in [-0.2, -0.15) is 0 Å². The van der Waals surface area contributed by atoms with E-state index in [4.69, 9.17) is 18.5 Å². The summed E-state index contributed by atoms with van der Waals surface area (Å²) >= 11 is 0. The number of ether oxygens (including phenoxy) is 2. The Hall–Kier alpha value is -2.81. The first-order chi connectivity index (χ1) is 45.0. The van der Waals surface area contributed by atoms with Crippen LogP contribution in [0.2, 0.25) is 0 Å². The second-order valence-electron chi connectivity index (χ2n) is 27.7. The summed E-state index contributed by atoms with van der Waals surface area (Å²) in [6.45, 7) is 4.17. The summed E-state index contributed by atoms with van der Waals surface area (Å²) in [5.41, 5.74) is 0. The van der Waals surface area contributed by atoms with E-state index in [1.165, 1.54) is 270 Å². The quantitative estimate of drug-likeness (QED) is 0.0195. The van der Waals surface area contributed by atoms with Crippen LogP contribution >= 0.6 is 7.82 Å². The zero-order chi connectivity index (χ0) is 66.9. The summed E-state index contributed by atoms with van der Waals surface area (Å²) in [5, 5.41) is 0. The molecule has 9 nitrogen and oxygen atoms in total. The summed E-state index contributed by atoms with van der Waals surface area (Å²) in [6.07, 6.45) is 99.9. The molecule has 0 saturated heterocycles. The molecule has 0 heterocycles. The first kappa shape index (κ1) is 89.2. The van der Waals surface area contributed by atoms with Gasteiger partial charge in [0.1, 0.15) is 19.8 Å². The minimum atomic E-state index is -4.65. The Bertz CT molecular complexity index is 1830. The normalized spacial score (nSPS) is 13.5. The Labute approximate surface area is 571 Å². The van der Waals surface area contributed by atoms with Crippen molar-refractivity contribution in [3.8, 4) is 0 Å². The van der Waals surface area contributed by atoms with Crippen molar-refractivity contribution < 1.29 is 42.1 Å². The Morgan fingerprint density at radius 1 is 0.348 bits per heavy atom. The molecule has 0 spiro atoms. The molecule has 0 aliphatic rings. The van der Waals surface area contributed by atoms with Crippen LogP contribution in [-0.2, 0) is 32.7 Å². The zero-order valence-corrected chi connectivity index (χ0v) is 62.1. The van der Waals surface area contributed by atoms with Crippen LogP contribution in [0.15, 0.2) is 85.1 Å². The van der Waals surface area contributed by atoms with Gasteiger partial charge in [-0.25, -0.2) is 0 Å². The van der Waals surface area contributed by atoms with Gasteiger partial charge in [0.25, 0.3) is 7.82 Å². The maximum Gasteiger partial charge on any atom is 0.306 e. The number of phosphoric ester groups is 1. The number of carbonyl (C=O) groups excluding carboxylic acids is 2. The molecule has 0 aromatic heterocycles. The van der Waals surface area contributed by atoms with Gasteiger partial charge in [0.2, 0.25) is 0 Å². The first-order valence-corrected chi connectivity index (χ1v) is 40.8. The van der Waals surface area contributed by atoms with Gasteiger partial charge in [-0.15, -0.1) is 0 Å². The summed E-state index contributed by atoms with van der Waals surface area (Å²) in [7, 11) is 1.18. The van der Waals surface area contributed by atoms with Crippen LogP contribution in [0, 0.1) is 0 Å². The lowest BCUT2D eigenvalue weighted by Crippen LogP contribution is -2.37. The van der Waals surface area contributed by atoms with E-state index in [1.807, 2.05) is 21.1 Å². The lowest BCUT2D eigenvalue weighted by molar-refractivity contribution is -0.870. The summed E-state index contributed by atoms with van der Waals surface area (Å²) < 4.78 is 34.4. The summed E-state index contributed by atoms with van der Waals surface area (Å²) in [6, 6.07) is 0. The molecule has 0 aliphatic carbocycles. The van der Waals surface area contributed by atoms with Gasteiger partial charge in [0.05, 0.1) is 27.7 Å². The molecule has 92 heavy (non-hydrogen) atoms. The molecule has 0 aromatic rings. The number of allylic oxidation sites excluding steroid dienone is 14. The highest BCUT2D eigenvalue weighted by Crippen LogP contribution is 2.38. The molecule has 0 aliphatic heterocycles. The van der Waals surface area contributed by atoms with Crippen LogP contribution in [0.4, 0.5) is 0 Å². The molecular formula is C82H150NO8P. The number of quaternary nitrogens is 1. The number of esters is 2. The lowest BCUT2D eigenvalue weighted by atomic mass is 10.0. The second-order valence-corrected chi connectivity index (χ2v) is 29.1. The minimum absolute atomic E-state index is 0.0302. The predicted octanol–water partition coefficient (Wildman–Crippen LogP) is 25.4. The third-order valence-corrected chi connectivity index (χ3v) is 18.4. The Morgan fingerprint density at radius 2 is 0.620 bits per heavy atom. The molecule has 0 radical (unpaired) electrons. The van der Waals surface area contributed by atoms with E-state index in [1.54, 1.807) is 0 Å². The Kier molecular flexibility index (Phi) is 70.2. The molecule has 0 saturated carbocycles. The smallest absolute Gasteiger partial charge is 0.306 e. The highest BCUT2D eigenvalue weighted by molar-refractivity contribution is 7.45. The van der Waals surface area contributed by atoms with Crippen molar-refractivity contribution in [1.82, 2.24) is 0 Å². The van der Waals surface area contributed by atoms with E-state index in [-0.39, 0.29) is 32.0 Å². The number of rotatable bonds is 73. The molecule has 0 fully saturated rings. The van der Waals surface area contributed by atoms with Crippen LogP contribution < -0.4 is 4.89 Å². The van der Waals surface area contributed by atoms with E-state index in [2.05, 4.69) is 98.9 Å². The van der Waals surface area contributed by atoms with Crippen molar-refractivity contribution >= 4 is 19.8 Å². The summed E-state index contributed by atoms with van der Waals surface area (Å²) in [5.74, 6) is -0.815. The van der Waals surface area contributed by atoms with Crippen LogP contribution in [-0.4, -0.2) is 70.0 Å². The van der Waals surface area contributed by atoms with Gasteiger partial charge >= 0.3 is 11.9 Å². The van der Waals surface area contributed by atoms with E-state index < -0.39 is 26.5 Å². The van der Waals surface area contributed by atoms with Crippen LogP contribution in [0.5, 0.6) is 0 Å². The highest BCUT2D eigenvalue weighted by atomic mass is 31.2. The molecule has 2 atom stereocenters. The van der Waals surface area contributed by atoms with Crippen LogP contribution in [0.25, 0.3) is 0 Å². The van der Waals surface area contributed by atoms with Crippen molar-refractivity contribution in [2.24, 2.45) is 0 Å². The number of phosphoric acid groups is 1. The topological polar surface area (TPSA) is 111 Å². The van der Waals surface area contributed by atoms with E-state index >= 15 is 0 Å². The third kappa shape index (κ3) is 76.2. The largest absolute Gasteiger partial charge is 0.756 e. The Balaban J connectivity index is 3.94. The number of nitrogens with zero attached hydrogens (tertiary/aromatic N) is 1. The highest BCUT2D eigenvalue weighted by Gasteiger charge is 2.22. The van der Waals surface area contributed by atoms with Crippen molar-refractivity contribution in [2.75, 3.05) is 47.5 Å². The number of unbranched alkanes of at least 4 members (excludes halogenated alkanes) is 45. The van der Waals surface area contributed by atoms with Gasteiger partial charge in [-0.3, -0.25) is 14.2 Å².